The Kier molecular flexibility index (Phi) is 2.13. The SMILES string of the molecule is CC1COC2C(OC(N)=O)COC12. The number of rotatable bonds is 1. The quantitative estimate of drug-likeness (QED) is 0.621. The summed E-state index contributed by atoms with van der Waals surface area (Å²) in [4.78, 5) is 10.5. The standard InChI is InChI=1S/C8H13NO4/c1-4-2-11-7-5(13-8(9)10)3-12-6(4)7/h4-7H,2-3H2,1H3,(H2,9,10). The average molecular weight is 187 g/mol. The lowest BCUT2D eigenvalue weighted by Crippen LogP contribution is -2.34. The van der Waals surface area contributed by atoms with Gasteiger partial charge in [0.1, 0.15) is 6.10 Å². The van der Waals surface area contributed by atoms with Crippen molar-refractivity contribution >= 4 is 6.09 Å². The number of primary amides is 1. The fraction of sp³-hybridized carbons (Fsp3) is 0.875. The van der Waals surface area contributed by atoms with E-state index < -0.39 is 6.09 Å². The number of nitrogens with two attached hydrogens (primary N) is 1. The van der Waals surface area contributed by atoms with Gasteiger partial charge in [0.05, 0.1) is 19.3 Å². The molecule has 1 amide bonds. The number of ether oxygens (including phenoxy) is 3. The lowest BCUT2D eigenvalue weighted by Gasteiger charge is -2.14. The first-order valence-corrected chi connectivity index (χ1v) is 4.38. The van der Waals surface area contributed by atoms with Crippen molar-refractivity contribution in [3.63, 3.8) is 0 Å². The summed E-state index contributed by atoms with van der Waals surface area (Å²) in [5.74, 6) is 0.367. The third-order valence-electron chi connectivity index (χ3n) is 2.52. The van der Waals surface area contributed by atoms with Crippen molar-refractivity contribution < 1.29 is 19.0 Å². The fourth-order valence-electron chi connectivity index (χ4n) is 1.91. The molecule has 0 radical (unpaired) electrons. The molecule has 2 heterocycles. The van der Waals surface area contributed by atoms with E-state index in [1.165, 1.54) is 0 Å². The molecule has 0 aliphatic carbocycles. The largest absolute Gasteiger partial charge is 0.441 e. The van der Waals surface area contributed by atoms with E-state index in [1.54, 1.807) is 0 Å². The predicted molar refractivity (Wildman–Crippen MR) is 43.1 cm³/mol. The van der Waals surface area contributed by atoms with Crippen LogP contribution in [0.25, 0.3) is 0 Å². The van der Waals surface area contributed by atoms with Crippen LogP contribution in [0.15, 0.2) is 0 Å². The van der Waals surface area contributed by atoms with Gasteiger partial charge in [-0.15, -0.1) is 0 Å². The van der Waals surface area contributed by atoms with Gasteiger partial charge in [0.2, 0.25) is 0 Å². The maximum absolute atomic E-state index is 10.5. The van der Waals surface area contributed by atoms with Crippen LogP contribution in [0, 0.1) is 5.92 Å². The van der Waals surface area contributed by atoms with Crippen molar-refractivity contribution in [2.45, 2.75) is 25.2 Å². The monoisotopic (exact) mass is 187 g/mol. The summed E-state index contributed by atoms with van der Waals surface area (Å²) in [6.45, 7) is 3.11. The summed E-state index contributed by atoms with van der Waals surface area (Å²) >= 11 is 0. The number of carbonyl (C=O) groups is 1. The average Bonchev–Trinajstić information content (AvgIpc) is 2.56. The maximum atomic E-state index is 10.5. The predicted octanol–water partition coefficient (Wildman–Crippen LogP) is -0.116. The van der Waals surface area contributed by atoms with Gasteiger partial charge in [-0.3, -0.25) is 0 Å². The minimum atomic E-state index is -0.766. The van der Waals surface area contributed by atoms with Crippen LogP contribution in [0.5, 0.6) is 0 Å². The van der Waals surface area contributed by atoms with Crippen LogP contribution < -0.4 is 5.73 Å². The van der Waals surface area contributed by atoms with Crippen LogP contribution >= 0.6 is 0 Å². The van der Waals surface area contributed by atoms with E-state index in [2.05, 4.69) is 6.92 Å². The molecule has 2 saturated heterocycles. The van der Waals surface area contributed by atoms with Crippen LogP contribution in [0.1, 0.15) is 6.92 Å². The molecule has 2 aliphatic heterocycles. The summed E-state index contributed by atoms with van der Waals surface area (Å²) in [6.07, 6.45) is -1.16. The summed E-state index contributed by atoms with van der Waals surface area (Å²) in [5.41, 5.74) is 4.92. The van der Waals surface area contributed by atoms with Crippen molar-refractivity contribution in [2.75, 3.05) is 13.2 Å². The van der Waals surface area contributed by atoms with Gasteiger partial charge in [0.25, 0.3) is 0 Å². The van der Waals surface area contributed by atoms with Gasteiger partial charge < -0.3 is 19.9 Å². The minimum absolute atomic E-state index is 0.0596. The summed E-state index contributed by atoms with van der Waals surface area (Å²) in [6, 6.07) is 0. The summed E-state index contributed by atoms with van der Waals surface area (Å²) in [7, 11) is 0. The molecule has 74 valence electrons. The molecule has 2 fully saturated rings. The third kappa shape index (κ3) is 1.49. The number of hydrogen-bond acceptors (Lipinski definition) is 4. The third-order valence-corrected chi connectivity index (χ3v) is 2.52. The lowest BCUT2D eigenvalue weighted by atomic mass is 10.0. The van der Waals surface area contributed by atoms with E-state index in [-0.39, 0.29) is 18.3 Å². The highest BCUT2D eigenvalue weighted by atomic mass is 16.6. The highest BCUT2D eigenvalue weighted by Crippen LogP contribution is 2.31. The first kappa shape index (κ1) is 8.77. The summed E-state index contributed by atoms with van der Waals surface area (Å²) in [5, 5.41) is 0. The molecule has 2 rings (SSSR count). The molecule has 0 aromatic carbocycles. The van der Waals surface area contributed by atoms with Gasteiger partial charge in [-0.2, -0.15) is 0 Å². The van der Waals surface area contributed by atoms with E-state index in [1.807, 2.05) is 0 Å². The molecule has 4 atom stereocenters. The van der Waals surface area contributed by atoms with Gasteiger partial charge >= 0.3 is 6.09 Å². The topological polar surface area (TPSA) is 70.8 Å². The Morgan fingerprint density at radius 2 is 2.08 bits per heavy atom. The van der Waals surface area contributed by atoms with E-state index >= 15 is 0 Å². The van der Waals surface area contributed by atoms with Crippen molar-refractivity contribution in [1.82, 2.24) is 0 Å². The Morgan fingerprint density at radius 3 is 2.77 bits per heavy atom. The molecule has 0 aromatic heterocycles. The molecular formula is C8H13NO4. The Balaban J connectivity index is 1.98. The molecule has 0 spiro atoms. The van der Waals surface area contributed by atoms with Crippen LogP contribution in [0.3, 0.4) is 0 Å². The second-order valence-corrected chi connectivity index (χ2v) is 3.55. The molecule has 0 saturated carbocycles. The van der Waals surface area contributed by atoms with Crippen molar-refractivity contribution in [2.24, 2.45) is 11.7 Å². The van der Waals surface area contributed by atoms with E-state index in [9.17, 15) is 4.79 Å². The number of hydrogen-bond donors (Lipinski definition) is 1. The highest BCUT2D eigenvalue weighted by Gasteiger charge is 2.47. The zero-order valence-corrected chi connectivity index (χ0v) is 7.43. The second-order valence-electron chi connectivity index (χ2n) is 3.55. The number of amides is 1. The first-order chi connectivity index (χ1) is 6.18. The second kappa shape index (κ2) is 3.16. The van der Waals surface area contributed by atoms with Crippen LogP contribution in [0.4, 0.5) is 4.79 Å². The van der Waals surface area contributed by atoms with Crippen molar-refractivity contribution in [3.8, 4) is 0 Å². The van der Waals surface area contributed by atoms with Gasteiger partial charge in [-0.1, -0.05) is 6.92 Å². The summed E-state index contributed by atoms with van der Waals surface area (Å²) < 4.78 is 15.8. The fourth-order valence-corrected chi connectivity index (χ4v) is 1.91. The van der Waals surface area contributed by atoms with Crippen LogP contribution in [0.2, 0.25) is 0 Å². The zero-order chi connectivity index (χ0) is 9.42. The molecule has 4 unspecified atom stereocenters. The normalized spacial score (nSPS) is 43.2. The van der Waals surface area contributed by atoms with Crippen molar-refractivity contribution in [3.05, 3.63) is 0 Å². The highest BCUT2D eigenvalue weighted by molar-refractivity contribution is 5.64. The molecule has 5 heteroatoms. The molecule has 2 aliphatic rings. The Morgan fingerprint density at radius 1 is 1.38 bits per heavy atom. The Labute approximate surface area is 76.1 Å². The van der Waals surface area contributed by atoms with Crippen molar-refractivity contribution in [1.29, 1.82) is 0 Å². The number of carbonyl (C=O) groups excluding carboxylic acids is 1. The van der Waals surface area contributed by atoms with E-state index in [4.69, 9.17) is 19.9 Å². The zero-order valence-electron chi connectivity index (χ0n) is 7.43. The molecule has 13 heavy (non-hydrogen) atoms. The first-order valence-electron chi connectivity index (χ1n) is 4.38. The smallest absolute Gasteiger partial charge is 0.404 e. The molecule has 0 aromatic rings. The van der Waals surface area contributed by atoms with E-state index in [0.717, 1.165) is 0 Å². The van der Waals surface area contributed by atoms with Gasteiger partial charge in [0, 0.05) is 5.92 Å². The molecule has 0 bridgehead atoms. The van der Waals surface area contributed by atoms with E-state index in [0.29, 0.717) is 19.1 Å². The molecule has 2 N–H and O–H groups in total. The number of fused-ring (bicyclic) bond motifs is 1. The maximum Gasteiger partial charge on any atom is 0.404 e. The van der Waals surface area contributed by atoms with Crippen LogP contribution in [-0.2, 0) is 14.2 Å². The van der Waals surface area contributed by atoms with Gasteiger partial charge in [-0.25, -0.2) is 4.79 Å². The Bertz CT molecular complexity index is 220. The Hall–Kier alpha value is -0.810. The van der Waals surface area contributed by atoms with Crippen LogP contribution in [-0.4, -0.2) is 37.6 Å². The van der Waals surface area contributed by atoms with Gasteiger partial charge in [-0.05, 0) is 0 Å². The van der Waals surface area contributed by atoms with Gasteiger partial charge in [0.15, 0.2) is 6.10 Å². The lowest BCUT2D eigenvalue weighted by molar-refractivity contribution is 0.00647. The minimum Gasteiger partial charge on any atom is -0.441 e. The molecular weight excluding hydrogens is 174 g/mol. The molecule has 5 nitrogen and oxygen atoms in total.